The van der Waals surface area contributed by atoms with Crippen molar-refractivity contribution in [3.05, 3.63) is 35.1 Å². The second kappa shape index (κ2) is 6.89. The molecule has 0 heterocycles. The summed E-state index contributed by atoms with van der Waals surface area (Å²) in [5.41, 5.74) is 4.26. The molecule has 0 fully saturated rings. The van der Waals surface area contributed by atoms with E-state index in [1.807, 2.05) is 0 Å². The minimum atomic E-state index is -4.68. The predicted molar refractivity (Wildman–Crippen MR) is 70.9 cm³/mol. The molecule has 0 aliphatic rings. The summed E-state index contributed by atoms with van der Waals surface area (Å²) < 4.78 is 51.7. The van der Waals surface area contributed by atoms with Crippen LogP contribution in [0.1, 0.15) is 25.0 Å². The molecule has 7 heteroatoms. The standard InChI is InChI=1S/C14H18F4N2O/c1-8(2)20-13(21)10(7-19)5-9-3-4-11(15)6-12(9)14(16,17)18/h3-4,6,8,10H,5,7,19H2,1-2H3,(H,20,21). The molecule has 0 aliphatic heterocycles. The Morgan fingerprint density at radius 3 is 2.43 bits per heavy atom. The Morgan fingerprint density at radius 2 is 1.95 bits per heavy atom. The van der Waals surface area contributed by atoms with Crippen LogP contribution >= 0.6 is 0 Å². The van der Waals surface area contributed by atoms with Crippen molar-refractivity contribution in [1.29, 1.82) is 0 Å². The summed E-state index contributed by atoms with van der Waals surface area (Å²) in [7, 11) is 0. The van der Waals surface area contributed by atoms with Gasteiger partial charge in [-0.1, -0.05) is 6.07 Å². The number of amides is 1. The number of alkyl halides is 3. The van der Waals surface area contributed by atoms with Crippen LogP contribution in [0.5, 0.6) is 0 Å². The average Bonchev–Trinajstić information content (AvgIpc) is 2.35. The van der Waals surface area contributed by atoms with E-state index in [0.29, 0.717) is 6.07 Å². The number of carbonyl (C=O) groups excluding carboxylic acids is 1. The molecule has 0 aromatic heterocycles. The molecule has 1 aromatic rings. The number of nitrogens with one attached hydrogen (secondary N) is 1. The molecule has 1 amide bonds. The first-order valence-corrected chi connectivity index (χ1v) is 6.51. The summed E-state index contributed by atoms with van der Waals surface area (Å²) in [5, 5.41) is 2.61. The third-order valence-corrected chi connectivity index (χ3v) is 2.93. The molecule has 0 radical (unpaired) electrons. The Labute approximate surface area is 120 Å². The van der Waals surface area contributed by atoms with Gasteiger partial charge in [-0.05, 0) is 38.0 Å². The lowest BCUT2D eigenvalue weighted by Crippen LogP contribution is -2.40. The number of nitrogens with two attached hydrogens (primary N) is 1. The number of benzene rings is 1. The average molecular weight is 306 g/mol. The van der Waals surface area contributed by atoms with Gasteiger partial charge in [0.15, 0.2) is 0 Å². The Hall–Kier alpha value is -1.63. The molecule has 1 aromatic carbocycles. The number of hydrogen-bond acceptors (Lipinski definition) is 2. The van der Waals surface area contributed by atoms with Crippen LogP contribution in [-0.2, 0) is 17.4 Å². The number of carbonyl (C=O) groups is 1. The first kappa shape index (κ1) is 17.4. The topological polar surface area (TPSA) is 55.1 Å². The second-order valence-electron chi connectivity index (χ2n) is 5.10. The van der Waals surface area contributed by atoms with Crippen molar-refractivity contribution in [1.82, 2.24) is 5.32 Å². The van der Waals surface area contributed by atoms with Crippen LogP contribution in [0.4, 0.5) is 17.6 Å². The molecule has 0 bridgehead atoms. The van der Waals surface area contributed by atoms with Crippen LogP contribution in [0.2, 0.25) is 0 Å². The quantitative estimate of drug-likeness (QED) is 0.821. The normalized spacial score (nSPS) is 13.3. The maximum atomic E-state index is 13.0. The van der Waals surface area contributed by atoms with Crippen LogP contribution in [-0.4, -0.2) is 18.5 Å². The van der Waals surface area contributed by atoms with Gasteiger partial charge in [-0.2, -0.15) is 13.2 Å². The van der Waals surface area contributed by atoms with Crippen molar-refractivity contribution in [3.63, 3.8) is 0 Å². The molecule has 1 unspecified atom stereocenters. The smallest absolute Gasteiger partial charge is 0.354 e. The van der Waals surface area contributed by atoms with Gasteiger partial charge in [0.25, 0.3) is 0 Å². The van der Waals surface area contributed by atoms with Gasteiger partial charge in [0.2, 0.25) is 5.91 Å². The second-order valence-corrected chi connectivity index (χ2v) is 5.10. The van der Waals surface area contributed by atoms with E-state index in [9.17, 15) is 22.4 Å². The molecular weight excluding hydrogens is 288 g/mol. The largest absolute Gasteiger partial charge is 0.416 e. The van der Waals surface area contributed by atoms with Crippen LogP contribution in [0, 0.1) is 11.7 Å². The first-order valence-electron chi connectivity index (χ1n) is 6.51. The summed E-state index contributed by atoms with van der Waals surface area (Å²) >= 11 is 0. The SMILES string of the molecule is CC(C)NC(=O)C(CN)Cc1ccc(F)cc1C(F)(F)F. The lowest BCUT2D eigenvalue weighted by atomic mass is 9.94. The lowest BCUT2D eigenvalue weighted by Gasteiger charge is -2.19. The van der Waals surface area contributed by atoms with Crippen molar-refractivity contribution in [2.75, 3.05) is 6.54 Å². The third-order valence-electron chi connectivity index (χ3n) is 2.93. The van der Waals surface area contributed by atoms with Gasteiger partial charge in [0.1, 0.15) is 5.82 Å². The molecule has 0 saturated heterocycles. The van der Waals surface area contributed by atoms with E-state index in [1.54, 1.807) is 13.8 Å². The lowest BCUT2D eigenvalue weighted by molar-refractivity contribution is -0.138. The monoisotopic (exact) mass is 306 g/mol. The number of hydrogen-bond donors (Lipinski definition) is 2. The highest BCUT2D eigenvalue weighted by Gasteiger charge is 2.34. The maximum absolute atomic E-state index is 13.0. The Bertz CT molecular complexity index is 500. The molecule has 3 N–H and O–H groups in total. The first-order chi connectivity index (χ1) is 9.65. The highest BCUT2D eigenvalue weighted by molar-refractivity contribution is 5.79. The van der Waals surface area contributed by atoms with E-state index >= 15 is 0 Å². The number of halogens is 4. The van der Waals surface area contributed by atoms with Crippen molar-refractivity contribution in [2.24, 2.45) is 11.7 Å². The summed E-state index contributed by atoms with van der Waals surface area (Å²) in [4.78, 5) is 11.9. The third kappa shape index (κ3) is 5.00. The van der Waals surface area contributed by atoms with Crippen molar-refractivity contribution in [3.8, 4) is 0 Å². The van der Waals surface area contributed by atoms with E-state index in [0.717, 1.165) is 12.1 Å². The zero-order valence-corrected chi connectivity index (χ0v) is 11.8. The van der Waals surface area contributed by atoms with Gasteiger partial charge in [0.05, 0.1) is 11.5 Å². The highest BCUT2D eigenvalue weighted by Crippen LogP contribution is 2.33. The minimum absolute atomic E-state index is 0.0901. The summed E-state index contributed by atoms with van der Waals surface area (Å²) in [5.74, 6) is -2.18. The van der Waals surface area contributed by atoms with Gasteiger partial charge >= 0.3 is 6.18 Å². The van der Waals surface area contributed by atoms with E-state index in [2.05, 4.69) is 5.32 Å². The predicted octanol–water partition coefficient (Wildman–Crippen LogP) is 2.49. The zero-order valence-electron chi connectivity index (χ0n) is 11.8. The fourth-order valence-electron chi connectivity index (χ4n) is 1.94. The van der Waals surface area contributed by atoms with Gasteiger partial charge < -0.3 is 11.1 Å². The highest BCUT2D eigenvalue weighted by atomic mass is 19.4. The van der Waals surface area contributed by atoms with Gasteiger partial charge in [0, 0.05) is 12.6 Å². The molecule has 1 atom stereocenters. The van der Waals surface area contributed by atoms with Crippen LogP contribution in [0.3, 0.4) is 0 Å². The zero-order chi connectivity index (χ0) is 16.2. The van der Waals surface area contributed by atoms with Crippen LogP contribution in [0.25, 0.3) is 0 Å². The molecule has 0 saturated carbocycles. The molecule has 1 rings (SSSR count). The maximum Gasteiger partial charge on any atom is 0.416 e. The Kier molecular flexibility index (Phi) is 5.71. The molecular formula is C14H18F4N2O. The van der Waals surface area contributed by atoms with E-state index in [4.69, 9.17) is 5.73 Å². The minimum Gasteiger partial charge on any atom is -0.354 e. The Morgan fingerprint density at radius 1 is 1.33 bits per heavy atom. The van der Waals surface area contributed by atoms with E-state index in [-0.39, 0.29) is 24.6 Å². The van der Waals surface area contributed by atoms with Gasteiger partial charge in [-0.15, -0.1) is 0 Å². The summed E-state index contributed by atoms with van der Waals surface area (Å²) in [6.45, 7) is 3.39. The fourth-order valence-corrected chi connectivity index (χ4v) is 1.94. The van der Waals surface area contributed by atoms with Crippen molar-refractivity contribution >= 4 is 5.91 Å². The van der Waals surface area contributed by atoms with Crippen LogP contribution in [0.15, 0.2) is 18.2 Å². The molecule has 0 spiro atoms. The van der Waals surface area contributed by atoms with Gasteiger partial charge in [-0.25, -0.2) is 4.39 Å². The van der Waals surface area contributed by atoms with Crippen molar-refractivity contribution < 1.29 is 22.4 Å². The Balaban J connectivity index is 3.03. The van der Waals surface area contributed by atoms with E-state index in [1.165, 1.54) is 0 Å². The molecule has 3 nitrogen and oxygen atoms in total. The van der Waals surface area contributed by atoms with E-state index < -0.39 is 29.4 Å². The van der Waals surface area contributed by atoms with Crippen LogP contribution < -0.4 is 11.1 Å². The fraction of sp³-hybridized carbons (Fsp3) is 0.500. The molecule has 0 aliphatic carbocycles. The van der Waals surface area contributed by atoms with Gasteiger partial charge in [-0.3, -0.25) is 4.79 Å². The molecule has 21 heavy (non-hydrogen) atoms. The molecule has 118 valence electrons. The summed E-state index contributed by atoms with van der Waals surface area (Å²) in [6.07, 6.45) is -4.87. The number of rotatable bonds is 5. The summed E-state index contributed by atoms with van der Waals surface area (Å²) in [6, 6.07) is 2.28. The van der Waals surface area contributed by atoms with Crippen molar-refractivity contribution in [2.45, 2.75) is 32.5 Å².